The van der Waals surface area contributed by atoms with Crippen molar-refractivity contribution in [2.45, 2.75) is 45.0 Å². The molecular weight excluding hydrogens is 282 g/mol. The lowest BCUT2D eigenvalue weighted by atomic mass is 10.2. The van der Waals surface area contributed by atoms with Gasteiger partial charge >= 0.3 is 0 Å². The van der Waals surface area contributed by atoms with Crippen molar-refractivity contribution in [2.75, 3.05) is 11.4 Å². The zero-order chi connectivity index (χ0) is 14.8. The molecule has 0 bridgehead atoms. The average molecular weight is 304 g/mol. The second-order valence-electron chi connectivity index (χ2n) is 5.69. The van der Waals surface area contributed by atoms with E-state index in [-0.39, 0.29) is 0 Å². The molecule has 1 aliphatic rings. The van der Waals surface area contributed by atoms with Crippen LogP contribution in [-0.4, -0.2) is 22.4 Å². The summed E-state index contributed by atoms with van der Waals surface area (Å²) in [4.78, 5) is 2.50. The van der Waals surface area contributed by atoms with Gasteiger partial charge in [0.15, 0.2) is 0 Å². The first kappa shape index (κ1) is 14.5. The summed E-state index contributed by atoms with van der Waals surface area (Å²) in [7, 11) is 0. The summed E-state index contributed by atoms with van der Waals surface area (Å²) < 4.78 is 2.07. The highest BCUT2D eigenvalue weighted by Crippen LogP contribution is 2.36. The van der Waals surface area contributed by atoms with Gasteiger partial charge in [0.2, 0.25) is 0 Å². The van der Waals surface area contributed by atoms with Gasteiger partial charge in [0, 0.05) is 18.2 Å². The molecule has 1 aliphatic carbocycles. The van der Waals surface area contributed by atoms with Crippen molar-refractivity contribution in [1.82, 2.24) is 9.78 Å². The molecule has 21 heavy (non-hydrogen) atoms. The van der Waals surface area contributed by atoms with Gasteiger partial charge in [-0.2, -0.15) is 5.10 Å². The molecular formula is C17H22ClN3. The highest BCUT2D eigenvalue weighted by atomic mass is 35.5. The first-order valence-corrected chi connectivity index (χ1v) is 8.26. The Kier molecular flexibility index (Phi) is 4.20. The number of hydrogen-bond acceptors (Lipinski definition) is 2. The average Bonchev–Trinajstić information content (AvgIpc) is 3.29. The molecule has 1 aromatic heterocycles. The summed E-state index contributed by atoms with van der Waals surface area (Å²) in [5.74, 6) is 1.71. The molecule has 1 fully saturated rings. The number of rotatable bonds is 6. The topological polar surface area (TPSA) is 21.1 Å². The Labute approximate surface area is 131 Å². The Balaban J connectivity index is 2.11. The Morgan fingerprint density at radius 2 is 2.00 bits per heavy atom. The SMILES string of the molecule is CCCN(c1c(CCl)c(C)nn1-c1ccccc1)C1CC1. The molecule has 3 rings (SSSR count). The summed E-state index contributed by atoms with van der Waals surface area (Å²) in [5.41, 5.74) is 3.31. The van der Waals surface area contributed by atoms with Crippen molar-refractivity contribution < 1.29 is 0 Å². The maximum absolute atomic E-state index is 6.23. The van der Waals surface area contributed by atoms with Crippen LogP contribution in [0.2, 0.25) is 0 Å². The molecule has 0 amide bonds. The van der Waals surface area contributed by atoms with Crippen LogP contribution < -0.4 is 4.90 Å². The molecule has 0 N–H and O–H groups in total. The summed E-state index contributed by atoms with van der Waals surface area (Å²) in [6.07, 6.45) is 3.69. The van der Waals surface area contributed by atoms with Crippen LogP contribution in [0.3, 0.4) is 0 Å². The zero-order valence-corrected chi connectivity index (χ0v) is 13.5. The number of aromatic nitrogens is 2. The second-order valence-corrected chi connectivity index (χ2v) is 5.96. The van der Waals surface area contributed by atoms with Crippen molar-refractivity contribution in [3.63, 3.8) is 0 Å². The molecule has 1 saturated carbocycles. The number of para-hydroxylation sites is 1. The van der Waals surface area contributed by atoms with Gasteiger partial charge in [-0.1, -0.05) is 25.1 Å². The first-order chi connectivity index (χ1) is 10.3. The number of anilines is 1. The minimum absolute atomic E-state index is 0.515. The molecule has 112 valence electrons. The number of benzene rings is 1. The number of alkyl halides is 1. The third kappa shape index (κ3) is 2.80. The number of hydrogen-bond donors (Lipinski definition) is 0. The largest absolute Gasteiger partial charge is 0.353 e. The van der Waals surface area contributed by atoms with Gasteiger partial charge in [-0.05, 0) is 38.3 Å². The van der Waals surface area contributed by atoms with Gasteiger partial charge in [-0.25, -0.2) is 4.68 Å². The van der Waals surface area contributed by atoms with E-state index in [0.29, 0.717) is 11.9 Å². The van der Waals surface area contributed by atoms with E-state index in [1.807, 2.05) is 6.07 Å². The lowest BCUT2D eigenvalue weighted by Gasteiger charge is -2.26. The highest BCUT2D eigenvalue weighted by Gasteiger charge is 2.33. The van der Waals surface area contributed by atoms with E-state index >= 15 is 0 Å². The smallest absolute Gasteiger partial charge is 0.137 e. The van der Waals surface area contributed by atoms with Crippen molar-refractivity contribution in [2.24, 2.45) is 0 Å². The fourth-order valence-corrected chi connectivity index (χ4v) is 3.15. The van der Waals surface area contributed by atoms with E-state index in [1.54, 1.807) is 0 Å². The predicted molar refractivity (Wildman–Crippen MR) is 88.5 cm³/mol. The van der Waals surface area contributed by atoms with E-state index in [0.717, 1.165) is 24.3 Å². The molecule has 1 aromatic carbocycles. The number of halogens is 1. The minimum Gasteiger partial charge on any atom is -0.353 e. The number of nitrogens with zero attached hydrogens (tertiary/aromatic N) is 3. The van der Waals surface area contributed by atoms with Crippen molar-refractivity contribution in [3.05, 3.63) is 41.6 Å². The van der Waals surface area contributed by atoms with E-state index in [1.165, 1.54) is 24.2 Å². The fourth-order valence-electron chi connectivity index (χ4n) is 2.84. The predicted octanol–water partition coefficient (Wildman–Crippen LogP) is 4.30. The van der Waals surface area contributed by atoms with E-state index in [4.69, 9.17) is 16.7 Å². The van der Waals surface area contributed by atoms with E-state index < -0.39 is 0 Å². The molecule has 0 atom stereocenters. The van der Waals surface area contributed by atoms with E-state index in [9.17, 15) is 0 Å². The molecule has 1 heterocycles. The van der Waals surface area contributed by atoms with Crippen molar-refractivity contribution >= 4 is 17.4 Å². The third-order valence-corrected chi connectivity index (χ3v) is 4.28. The van der Waals surface area contributed by atoms with Crippen LogP contribution in [0.15, 0.2) is 30.3 Å². The normalized spacial score (nSPS) is 14.4. The van der Waals surface area contributed by atoms with Gasteiger partial charge in [0.1, 0.15) is 5.82 Å². The van der Waals surface area contributed by atoms with Gasteiger partial charge in [-0.15, -0.1) is 11.6 Å². The Bertz CT molecular complexity index is 602. The van der Waals surface area contributed by atoms with Crippen LogP contribution >= 0.6 is 11.6 Å². The minimum atomic E-state index is 0.515. The summed E-state index contributed by atoms with van der Waals surface area (Å²) in [6, 6.07) is 11.0. The molecule has 0 spiro atoms. The molecule has 0 unspecified atom stereocenters. The van der Waals surface area contributed by atoms with Crippen LogP contribution in [0.1, 0.15) is 37.4 Å². The summed E-state index contributed by atoms with van der Waals surface area (Å²) >= 11 is 6.23. The summed E-state index contributed by atoms with van der Waals surface area (Å²) in [5, 5.41) is 4.76. The van der Waals surface area contributed by atoms with Crippen LogP contribution in [0.25, 0.3) is 5.69 Å². The van der Waals surface area contributed by atoms with Crippen molar-refractivity contribution in [3.8, 4) is 5.69 Å². The lowest BCUT2D eigenvalue weighted by Crippen LogP contribution is -2.29. The van der Waals surface area contributed by atoms with Gasteiger partial charge in [0.25, 0.3) is 0 Å². The molecule has 0 radical (unpaired) electrons. The molecule has 0 aliphatic heterocycles. The Morgan fingerprint density at radius 1 is 1.29 bits per heavy atom. The quantitative estimate of drug-likeness (QED) is 0.742. The molecule has 2 aromatic rings. The Morgan fingerprint density at radius 3 is 2.57 bits per heavy atom. The first-order valence-electron chi connectivity index (χ1n) is 7.72. The van der Waals surface area contributed by atoms with Gasteiger partial charge < -0.3 is 4.90 Å². The van der Waals surface area contributed by atoms with Crippen LogP contribution in [0.5, 0.6) is 0 Å². The maximum atomic E-state index is 6.23. The van der Waals surface area contributed by atoms with Gasteiger partial charge in [0.05, 0.1) is 17.3 Å². The van der Waals surface area contributed by atoms with Crippen molar-refractivity contribution in [1.29, 1.82) is 0 Å². The zero-order valence-electron chi connectivity index (χ0n) is 12.7. The highest BCUT2D eigenvalue weighted by molar-refractivity contribution is 6.17. The third-order valence-electron chi connectivity index (χ3n) is 4.02. The standard InChI is InChI=1S/C17H22ClN3/c1-3-11-20(14-9-10-14)17-16(12-18)13(2)19-21(17)15-7-5-4-6-8-15/h4-8,14H,3,9-12H2,1-2H3. The van der Waals surface area contributed by atoms with E-state index in [2.05, 4.69) is 47.7 Å². The van der Waals surface area contributed by atoms with Crippen LogP contribution in [0, 0.1) is 6.92 Å². The second kappa shape index (κ2) is 6.10. The lowest BCUT2D eigenvalue weighted by molar-refractivity contribution is 0.719. The molecule has 4 heteroatoms. The molecule has 0 saturated heterocycles. The monoisotopic (exact) mass is 303 g/mol. The number of aryl methyl sites for hydroxylation is 1. The van der Waals surface area contributed by atoms with Gasteiger partial charge in [-0.3, -0.25) is 0 Å². The van der Waals surface area contributed by atoms with Crippen LogP contribution in [-0.2, 0) is 5.88 Å². The summed E-state index contributed by atoms with van der Waals surface area (Å²) in [6.45, 7) is 5.34. The maximum Gasteiger partial charge on any atom is 0.137 e. The van der Waals surface area contributed by atoms with Crippen LogP contribution in [0.4, 0.5) is 5.82 Å². The molecule has 3 nitrogen and oxygen atoms in total. The fraction of sp³-hybridized carbons (Fsp3) is 0.471. The Hall–Kier alpha value is -1.48.